The average Bonchev–Trinajstić information content (AvgIpc) is 3.13. The first-order chi connectivity index (χ1) is 14.5. The number of aryl methyl sites for hydroxylation is 2. The number of carbonyl (C=O) groups is 1. The van der Waals surface area contributed by atoms with E-state index < -0.39 is 0 Å². The molecule has 0 aliphatic carbocycles. The minimum absolute atomic E-state index is 0.0137. The van der Waals surface area contributed by atoms with Crippen LogP contribution in [0.1, 0.15) is 29.4 Å². The fraction of sp³-hybridized carbons (Fsp3) is 0.350. The molecule has 2 atom stereocenters. The van der Waals surface area contributed by atoms with E-state index in [1.807, 2.05) is 38.1 Å². The van der Waals surface area contributed by atoms with Gasteiger partial charge in [0.05, 0.1) is 10.7 Å². The molecule has 2 N–H and O–H groups in total. The van der Waals surface area contributed by atoms with E-state index in [0.29, 0.717) is 11.6 Å². The minimum Gasteiger partial charge on any atom is -0.356 e. The summed E-state index contributed by atoms with van der Waals surface area (Å²) in [6.07, 6.45) is 3.98. The zero-order valence-corrected chi connectivity index (χ0v) is 18.2. The molecule has 1 aliphatic heterocycles. The lowest BCUT2D eigenvalue weighted by molar-refractivity contribution is 0.243. The monoisotopic (exact) mass is 443 g/mol. The first kappa shape index (κ1) is 20.5. The smallest absolute Gasteiger partial charge is 0.320 e. The lowest BCUT2D eigenvalue weighted by Gasteiger charge is -2.39. The lowest BCUT2D eigenvalue weighted by Crippen LogP contribution is -2.51. The SMILES string of the molecule is Cc1cc(N2CCC(NC(=O)Nc3cc(C)ns3)C(c3ccc(Cl)cn3)C2)ncn1. The van der Waals surface area contributed by atoms with E-state index in [1.54, 1.807) is 12.5 Å². The molecule has 1 saturated heterocycles. The number of anilines is 2. The number of rotatable bonds is 4. The fourth-order valence-corrected chi connectivity index (χ4v) is 4.36. The summed E-state index contributed by atoms with van der Waals surface area (Å²) >= 11 is 7.30. The van der Waals surface area contributed by atoms with Gasteiger partial charge in [0, 0.05) is 48.7 Å². The molecule has 3 aromatic rings. The average molecular weight is 444 g/mol. The van der Waals surface area contributed by atoms with Crippen LogP contribution < -0.4 is 15.5 Å². The molecule has 156 valence electrons. The van der Waals surface area contributed by atoms with Gasteiger partial charge in [0.25, 0.3) is 0 Å². The predicted octanol–water partition coefficient (Wildman–Crippen LogP) is 3.78. The Morgan fingerprint density at radius 2 is 2.07 bits per heavy atom. The Kier molecular flexibility index (Phi) is 6.10. The van der Waals surface area contributed by atoms with Crippen LogP contribution in [0.4, 0.5) is 15.6 Å². The summed E-state index contributed by atoms with van der Waals surface area (Å²) in [4.78, 5) is 27.9. The van der Waals surface area contributed by atoms with Gasteiger partial charge in [0.1, 0.15) is 17.1 Å². The molecule has 3 aromatic heterocycles. The van der Waals surface area contributed by atoms with Crippen molar-refractivity contribution >= 4 is 40.0 Å². The van der Waals surface area contributed by atoms with Gasteiger partial charge in [-0.25, -0.2) is 14.8 Å². The van der Waals surface area contributed by atoms with E-state index in [-0.39, 0.29) is 18.0 Å². The third kappa shape index (κ3) is 4.85. The molecular formula is C20H22ClN7OS. The summed E-state index contributed by atoms with van der Waals surface area (Å²) in [5.74, 6) is 0.865. The zero-order chi connectivity index (χ0) is 21.1. The summed E-state index contributed by atoms with van der Waals surface area (Å²) in [5.41, 5.74) is 2.68. The van der Waals surface area contributed by atoms with Crippen LogP contribution in [0.2, 0.25) is 5.02 Å². The molecule has 2 amide bonds. The molecular weight excluding hydrogens is 422 g/mol. The van der Waals surface area contributed by atoms with Crippen LogP contribution in [0.15, 0.2) is 36.8 Å². The number of halogens is 1. The third-order valence-electron chi connectivity index (χ3n) is 5.04. The van der Waals surface area contributed by atoms with E-state index in [4.69, 9.17) is 11.6 Å². The molecule has 30 heavy (non-hydrogen) atoms. The van der Waals surface area contributed by atoms with Crippen molar-refractivity contribution in [2.75, 3.05) is 23.3 Å². The predicted molar refractivity (Wildman–Crippen MR) is 118 cm³/mol. The topological polar surface area (TPSA) is 95.9 Å². The van der Waals surface area contributed by atoms with E-state index in [2.05, 4.69) is 34.9 Å². The quantitative estimate of drug-likeness (QED) is 0.637. The fourth-order valence-electron chi connectivity index (χ4n) is 3.59. The maximum atomic E-state index is 12.6. The summed E-state index contributed by atoms with van der Waals surface area (Å²) in [5, 5.41) is 7.30. The molecule has 0 radical (unpaired) electrons. The number of piperidine rings is 1. The number of aromatic nitrogens is 4. The van der Waals surface area contributed by atoms with E-state index in [1.165, 1.54) is 11.5 Å². The number of urea groups is 1. The van der Waals surface area contributed by atoms with Gasteiger partial charge in [-0.05, 0) is 50.0 Å². The highest BCUT2D eigenvalue weighted by molar-refractivity contribution is 7.10. The Morgan fingerprint density at radius 1 is 1.20 bits per heavy atom. The van der Waals surface area contributed by atoms with E-state index in [9.17, 15) is 4.79 Å². The molecule has 0 aromatic carbocycles. The van der Waals surface area contributed by atoms with E-state index >= 15 is 0 Å². The van der Waals surface area contributed by atoms with Crippen molar-refractivity contribution in [1.82, 2.24) is 24.6 Å². The van der Waals surface area contributed by atoms with Crippen molar-refractivity contribution in [3.05, 3.63) is 58.9 Å². The number of nitrogens with zero attached hydrogens (tertiary/aromatic N) is 5. The molecule has 0 saturated carbocycles. The van der Waals surface area contributed by atoms with Gasteiger partial charge in [-0.15, -0.1) is 0 Å². The maximum absolute atomic E-state index is 12.6. The summed E-state index contributed by atoms with van der Waals surface area (Å²) in [6.45, 7) is 5.29. The maximum Gasteiger partial charge on any atom is 0.320 e. The molecule has 10 heteroatoms. The highest BCUT2D eigenvalue weighted by atomic mass is 35.5. The number of hydrogen-bond donors (Lipinski definition) is 2. The normalized spacial score (nSPS) is 18.8. The van der Waals surface area contributed by atoms with Gasteiger partial charge >= 0.3 is 6.03 Å². The van der Waals surface area contributed by atoms with Crippen LogP contribution in [0.5, 0.6) is 0 Å². The van der Waals surface area contributed by atoms with Crippen molar-refractivity contribution in [1.29, 1.82) is 0 Å². The number of nitrogens with one attached hydrogen (secondary N) is 2. The number of pyridine rings is 1. The van der Waals surface area contributed by atoms with Crippen LogP contribution >= 0.6 is 23.1 Å². The highest BCUT2D eigenvalue weighted by Gasteiger charge is 2.33. The van der Waals surface area contributed by atoms with Gasteiger partial charge < -0.3 is 10.2 Å². The zero-order valence-electron chi connectivity index (χ0n) is 16.7. The summed E-state index contributed by atoms with van der Waals surface area (Å²) in [6, 6.07) is 7.25. The number of carbonyl (C=O) groups excluding carboxylic acids is 1. The molecule has 4 heterocycles. The van der Waals surface area contributed by atoms with Crippen molar-refractivity contribution in [2.24, 2.45) is 0 Å². The second-order valence-corrected chi connectivity index (χ2v) is 8.54. The van der Waals surface area contributed by atoms with Crippen LogP contribution in [-0.4, -0.2) is 44.5 Å². The Morgan fingerprint density at radius 3 is 2.77 bits per heavy atom. The van der Waals surface area contributed by atoms with Crippen molar-refractivity contribution in [3.8, 4) is 0 Å². The Hall–Kier alpha value is -2.78. The van der Waals surface area contributed by atoms with Crippen molar-refractivity contribution in [3.63, 3.8) is 0 Å². The second kappa shape index (κ2) is 8.93. The minimum atomic E-state index is -0.242. The Labute approximate surface area is 183 Å². The van der Waals surface area contributed by atoms with Crippen molar-refractivity contribution < 1.29 is 4.79 Å². The number of hydrogen-bond acceptors (Lipinski definition) is 7. The van der Waals surface area contributed by atoms with Crippen LogP contribution in [0.3, 0.4) is 0 Å². The first-order valence-corrected chi connectivity index (χ1v) is 10.8. The Balaban J connectivity index is 1.52. The van der Waals surface area contributed by atoms with Crippen LogP contribution in [-0.2, 0) is 0 Å². The van der Waals surface area contributed by atoms with Gasteiger partial charge in [-0.2, -0.15) is 4.37 Å². The standard InChI is InChI=1S/C20H22ClN7OS/c1-12-7-18(24-11-23-12)28-6-5-17(15(10-28)16-4-3-14(21)9-22-16)25-20(29)26-19-8-13(2)27-30-19/h3-4,7-9,11,15,17H,5-6,10H2,1-2H3,(H2,25,26,29). The Bertz CT molecular complexity index is 1030. The molecule has 0 bridgehead atoms. The van der Waals surface area contributed by atoms with Crippen LogP contribution in [0.25, 0.3) is 0 Å². The first-order valence-electron chi connectivity index (χ1n) is 9.64. The molecule has 8 nitrogen and oxygen atoms in total. The van der Waals surface area contributed by atoms with Crippen LogP contribution in [0, 0.1) is 13.8 Å². The number of amides is 2. The summed E-state index contributed by atoms with van der Waals surface area (Å²) < 4.78 is 4.20. The van der Waals surface area contributed by atoms with E-state index in [0.717, 1.165) is 40.9 Å². The lowest BCUT2D eigenvalue weighted by atomic mass is 9.89. The van der Waals surface area contributed by atoms with Gasteiger partial charge in [0.15, 0.2) is 0 Å². The molecule has 4 rings (SSSR count). The highest BCUT2D eigenvalue weighted by Crippen LogP contribution is 2.29. The molecule has 0 spiro atoms. The van der Waals surface area contributed by atoms with Gasteiger partial charge in [-0.1, -0.05) is 11.6 Å². The molecule has 1 aliphatic rings. The van der Waals surface area contributed by atoms with Crippen molar-refractivity contribution in [2.45, 2.75) is 32.2 Å². The largest absolute Gasteiger partial charge is 0.356 e. The van der Waals surface area contributed by atoms with Gasteiger partial charge in [-0.3, -0.25) is 10.3 Å². The third-order valence-corrected chi connectivity index (χ3v) is 6.06. The molecule has 2 unspecified atom stereocenters. The second-order valence-electron chi connectivity index (χ2n) is 7.30. The summed E-state index contributed by atoms with van der Waals surface area (Å²) in [7, 11) is 0. The molecule has 1 fully saturated rings. The van der Waals surface area contributed by atoms with Gasteiger partial charge in [0.2, 0.25) is 0 Å².